The molecule has 1 rings (SSSR count). The summed E-state index contributed by atoms with van der Waals surface area (Å²) in [5, 5.41) is 11.3. The Bertz CT molecular complexity index is 496. The van der Waals surface area contributed by atoms with Crippen molar-refractivity contribution in [2.24, 2.45) is 18.0 Å². The van der Waals surface area contributed by atoms with Crippen molar-refractivity contribution >= 4 is 29.9 Å². The second kappa shape index (κ2) is 12.6. The predicted octanol–water partition coefficient (Wildman–Crippen LogP) is 3.93. The molecule has 0 aliphatic carbocycles. The Balaban J connectivity index is 0.00000529. The molecule has 6 heteroatoms. The van der Waals surface area contributed by atoms with Gasteiger partial charge in [0.05, 0.1) is 12.2 Å². The Morgan fingerprint density at radius 2 is 1.92 bits per heavy atom. The molecular formula is C18H36IN5. The molecule has 0 saturated carbocycles. The number of rotatable bonds is 9. The molecule has 0 saturated heterocycles. The maximum absolute atomic E-state index is 4.75. The van der Waals surface area contributed by atoms with E-state index in [1.54, 1.807) is 0 Å². The smallest absolute Gasteiger partial charge is 0.191 e. The normalized spacial score (nSPS) is 12.7. The summed E-state index contributed by atoms with van der Waals surface area (Å²) in [6.07, 6.45) is 5.08. The van der Waals surface area contributed by atoms with Crippen LogP contribution in [-0.4, -0.2) is 28.8 Å². The molecule has 0 aliphatic rings. The molecule has 0 aromatic carbocycles. The molecule has 140 valence electrons. The predicted molar refractivity (Wildman–Crippen MR) is 114 cm³/mol. The minimum absolute atomic E-state index is 0. The zero-order valence-electron chi connectivity index (χ0n) is 16.3. The lowest BCUT2D eigenvalue weighted by Gasteiger charge is -2.18. The molecule has 1 aromatic rings. The molecule has 0 amide bonds. The Hall–Kier alpha value is -0.790. The zero-order valence-corrected chi connectivity index (χ0v) is 18.6. The number of nitrogens with one attached hydrogen (secondary N) is 2. The van der Waals surface area contributed by atoms with Gasteiger partial charge in [-0.25, -0.2) is 4.99 Å². The van der Waals surface area contributed by atoms with Crippen molar-refractivity contribution in [1.82, 2.24) is 20.4 Å². The van der Waals surface area contributed by atoms with Gasteiger partial charge in [0.25, 0.3) is 0 Å². The second-order valence-corrected chi connectivity index (χ2v) is 6.27. The fraction of sp³-hybridized carbons (Fsp3) is 0.778. The van der Waals surface area contributed by atoms with Crippen LogP contribution in [0.15, 0.2) is 4.99 Å². The lowest BCUT2D eigenvalue weighted by molar-refractivity contribution is 0.443. The number of hydrogen-bond acceptors (Lipinski definition) is 2. The van der Waals surface area contributed by atoms with Gasteiger partial charge < -0.3 is 10.6 Å². The van der Waals surface area contributed by atoms with Gasteiger partial charge in [0.1, 0.15) is 0 Å². The van der Waals surface area contributed by atoms with Crippen LogP contribution in [0.1, 0.15) is 63.4 Å². The van der Waals surface area contributed by atoms with Gasteiger partial charge in [-0.15, -0.1) is 24.0 Å². The van der Waals surface area contributed by atoms with E-state index < -0.39 is 0 Å². The minimum Gasteiger partial charge on any atom is -0.357 e. The first kappa shape index (κ1) is 23.2. The van der Waals surface area contributed by atoms with E-state index in [0.29, 0.717) is 6.54 Å². The monoisotopic (exact) mass is 449 g/mol. The van der Waals surface area contributed by atoms with Crippen molar-refractivity contribution in [3.63, 3.8) is 0 Å². The molecule has 0 fully saturated rings. The topological polar surface area (TPSA) is 54.2 Å². The molecule has 5 nitrogen and oxygen atoms in total. The molecule has 1 atom stereocenters. The summed E-state index contributed by atoms with van der Waals surface area (Å²) in [5.41, 5.74) is 3.48. The lowest BCUT2D eigenvalue weighted by atomic mass is 9.99. The van der Waals surface area contributed by atoms with Crippen molar-refractivity contribution in [2.75, 3.05) is 13.1 Å². The molecule has 0 spiro atoms. The quantitative estimate of drug-likeness (QED) is 0.341. The van der Waals surface area contributed by atoms with Crippen LogP contribution >= 0.6 is 24.0 Å². The Morgan fingerprint density at radius 1 is 1.21 bits per heavy atom. The van der Waals surface area contributed by atoms with Gasteiger partial charge >= 0.3 is 0 Å². The van der Waals surface area contributed by atoms with Gasteiger partial charge in [0.2, 0.25) is 0 Å². The molecular weight excluding hydrogens is 413 g/mol. The first-order chi connectivity index (χ1) is 11.0. The molecule has 0 radical (unpaired) electrons. The third-order valence-electron chi connectivity index (χ3n) is 4.50. The summed E-state index contributed by atoms with van der Waals surface area (Å²) in [5.74, 6) is 1.63. The van der Waals surface area contributed by atoms with E-state index >= 15 is 0 Å². The molecule has 2 N–H and O–H groups in total. The van der Waals surface area contributed by atoms with Crippen LogP contribution < -0.4 is 10.6 Å². The summed E-state index contributed by atoms with van der Waals surface area (Å²) in [7, 11) is 1.98. The fourth-order valence-electron chi connectivity index (χ4n) is 2.73. The SMILES string of the molecule is CCCCC(CC)CNC(=NCc1c(C)nn(C)c1C)NCC.I. The van der Waals surface area contributed by atoms with E-state index in [9.17, 15) is 0 Å². The number of aryl methyl sites for hydroxylation is 2. The van der Waals surface area contributed by atoms with Gasteiger partial charge in [-0.3, -0.25) is 4.68 Å². The standard InChI is InChI=1S/C18H35N5.HI/c1-7-10-11-16(8-2)12-20-18(19-9-3)21-13-17-14(4)22-23(6)15(17)5;/h16H,7-13H2,1-6H3,(H2,19,20,21);1H. The highest BCUT2D eigenvalue weighted by molar-refractivity contribution is 14.0. The van der Waals surface area contributed by atoms with Crippen LogP contribution in [0.2, 0.25) is 0 Å². The highest BCUT2D eigenvalue weighted by atomic mass is 127. The number of aromatic nitrogens is 2. The van der Waals surface area contributed by atoms with E-state index in [0.717, 1.165) is 30.7 Å². The van der Waals surface area contributed by atoms with Crippen molar-refractivity contribution < 1.29 is 0 Å². The first-order valence-electron chi connectivity index (χ1n) is 9.04. The highest BCUT2D eigenvalue weighted by Gasteiger charge is 2.10. The Labute approximate surface area is 165 Å². The van der Waals surface area contributed by atoms with Crippen LogP contribution in [-0.2, 0) is 13.6 Å². The summed E-state index contributed by atoms with van der Waals surface area (Å²) >= 11 is 0. The van der Waals surface area contributed by atoms with E-state index in [1.165, 1.54) is 36.9 Å². The van der Waals surface area contributed by atoms with E-state index in [2.05, 4.69) is 50.4 Å². The third-order valence-corrected chi connectivity index (χ3v) is 4.50. The lowest BCUT2D eigenvalue weighted by Crippen LogP contribution is -2.39. The number of halogens is 1. The van der Waals surface area contributed by atoms with E-state index in [1.807, 2.05) is 11.7 Å². The largest absolute Gasteiger partial charge is 0.357 e. The number of unbranched alkanes of at least 4 members (excludes halogenated alkanes) is 1. The maximum Gasteiger partial charge on any atom is 0.191 e. The van der Waals surface area contributed by atoms with Crippen molar-refractivity contribution in [3.05, 3.63) is 17.0 Å². The molecule has 0 bridgehead atoms. The summed E-state index contributed by atoms with van der Waals surface area (Å²) < 4.78 is 1.93. The molecule has 1 aromatic heterocycles. The number of aliphatic imine (C=N–C) groups is 1. The van der Waals surface area contributed by atoms with Crippen LogP contribution in [0.3, 0.4) is 0 Å². The van der Waals surface area contributed by atoms with Crippen molar-refractivity contribution in [3.8, 4) is 0 Å². The van der Waals surface area contributed by atoms with Gasteiger partial charge in [-0.1, -0.05) is 33.1 Å². The zero-order chi connectivity index (χ0) is 17.2. The number of hydrogen-bond donors (Lipinski definition) is 2. The maximum atomic E-state index is 4.75. The van der Waals surface area contributed by atoms with Crippen LogP contribution in [0.5, 0.6) is 0 Å². The Morgan fingerprint density at radius 3 is 2.42 bits per heavy atom. The van der Waals surface area contributed by atoms with Crippen LogP contribution in [0.4, 0.5) is 0 Å². The first-order valence-corrected chi connectivity index (χ1v) is 9.04. The Kier molecular flexibility index (Phi) is 12.1. The van der Waals surface area contributed by atoms with Gasteiger partial charge in [-0.05, 0) is 33.1 Å². The summed E-state index contributed by atoms with van der Waals surface area (Å²) in [6, 6.07) is 0. The molecule has 1 heterocycles. The van der Waals surface area contributed by atoms with E-state index in [4.69, 9.17) is 4.99 Å². The molecule has 24 heavy (non-hydrogen) atoms. The summed E-state index contributed by atoms with van der Waals surface area (Å²) in [4.78, 5) is 4.75. The third kappa shape index (κ3) is 7.40. The minimum atomic E-state index is 0. The number of guanidine groups is 1. The van der Waals surface area contributed by atoms with Gasteiger partial charge in [0, 0.05) is 31.4 Å². The average molecular weight is 449 g/mol. The highest BCUT2D eigenvalue weighted by Crippen LogP contribution is 2.13. The van der Waals surface area contributed by atoms with E-state index in [-0.39, 0.29) is 24.0 Å². The van der Waals surface area contributed by atoms with Gasteiger partial charge in [0.15, 0.2) is 5.96 Å². The fourth-order valence-corrected chi connectivity index (χ4v) is 2.73. The van der Waals surface area contributed by atoms with Crippen LogP contribution in [0.25, 0.3) is 0 Å². The van der Waals surface area contributed by atoms with Crippen molar-refractivity contribution in [2.45, 2.75) is 66.8 Å². The van der Waals surface area contributed by atoms with Gasteiger partial charge in [-0.2, -0.15) is 5.10 Å². The summed E-state index contributed by atoms with van der Waals surface area (Å²) in [6.45, 7) is 13.3. The average Bonchev–Trinajstić information content (AvgIpc) is 2.78. The molecule has 0 aliphatic heterocycles. The second-order valence-electron chi connectivity index (χ2n) is 6.27. The number of nitrogens with zero attached hydrogens (tertiary/aromatic N) is 3. The van der Waals surface area contributed by atoms with Crippen LogP contribution in [0, 0.1) is 19.8 Å². The molecule has 1 unspecified atom stereocenters. The van der Waals surface area contributed by atoms with Crippen molar-refractivity contribution in [1.29, 1.82) is 0 Å².